The molecule has 0 unspecified atom stereocenters. The minimum Gasteiger partial charge on any atom is -0.483 e. The van der Waals surface area contributed by atoms with Crippen molar-refractivity contribution in [2.24, 2.45) is 5.73 Å². The second-order valence-corrected chi connectivity index (χ2v) is 5.56. The average molecular weight is 268 g/mol. The molecule has 0 aliphatic heterocycles. The van der Waals surface area contributed by atoms with Crippen molar-refractivity contribution in [3.63, 3.8) is 0 Å². The number of carbonyl (C=O) groups excluding carboxylic acids is 1. The Morgan fingerprint density at radius 2 is 2.11 bits per heavy atom. The average Bonchev–Trinajstić information content (AvgIpc) is 2.23. The van der Waals surface area contributed by atoms with Crippen molar-refractivity contribution in [3.8, 4) is 5.75 Å². The number of benzene rings is 1. The van der Waals surface area contributed by atoms with Gasteiger partial charge in [-0.3, -0.25) is 4.79 Å². The minimum atomic E-state index is -0.421. The van der Waals surface area contributed by atoms with Crippen LogP contribution in [-0.2, 0) is 4.79 Å². The van der Waals surface area contributed by atoms with Gasteiger partial charge in [0.2, 0.25) is 0 Å². The molecule has 0 aromatic heterocycles. The standard InChI is InChI=1S/C14H21FN2O2/c1-9(16)11-6-5-10(15)7-12(11)19-8-13(18)17-14(2,3)4/h5-7,9H,8,16H2,1-4H3,(H,17,18)/t9-/m0/s1. The molecule has 106 valence electrons. The van der Waals surface area contributed by atoms with Crippen molar-refractivity contribution in [3.05, 3.63) is 29.6 Å². The predicted molar refractivity (Wildman–Crippen MR) is 72.4 cm³/mol. The lowest BCUT2D eigenvalue weighted by atomic mass is 10.1. The summed E-state index contributed by atoms with van der Waals surface area (Å²) in [6, 6.07) is 3.84. The van der Waals surface area contributed by atoms with Crippen LogP contribution in [-0.4, -0.2) is 18.1 Å². The van der Waals surface area contributed by atoms with E-state index < -0.39 is 5.82 Å². The molecule has 1 atom stereocenters. The number of halogens is 1. The van der Waals surface area contributed by atoms with Crippen molar-refractivity contribution >= 4 is 5.91 Å². The summed E-state index contributed by atoms with van der Waals surface area (Å²) >= 11 is 0. The Morgan fingerprint density at radius 3 is 2.63 bits per heavy atom. The second kappa shape index (κ2) is 6.02. The van der Waals surface area contributed by atoms with E-state index >= 15 is 0 Å². The van der Waals surface area contributed by atoms with Gasteiger partial charge in [-0.05, 0) is 33.8 Å². The molecule has 1 aromatic rings. The van der Waals surface area contributed by atoms with Crippen LogP contribution in [0, 0.1) is 5.82 Å². The SMILES string of the molecule is C[C@H](N)c1ccc(F)cc1OCC(=O)NC(C)(C)C. The van der Waals surface area contributed by atoms with E-state index in [1.807, 2.05) is 20.8 Å². The molecule has 1 amide bonds. The number of ether oxygens (including phenoxy) is 1. The third-order valence-electron chi connectivity index (χ3n) is 2.34. The van der Waals surface area contributed by atoms with Gasteiger partial charge in [-0.25, -0.2) is 4.39 Å². The Balaban J connectivity index is 2.72. The molecule has 4 nitrogen and oxygen atoms in total. The van der Waals surface area contributed by atoms with Crippen LogP contribution in [0.1, 0.15) is 39.3 Å². The van der Waals surface area contributed by atoms with E-state index in [4.69, 9.17) is 10.5 Å². The fourth-order valence-corrected chi connectivity index (χ4v) is 1.61. The summed E-state index contributed by atoms with van der Waals surface area (Å²) in [6.07, 6.45) is 0. The van der Waals surface area contributed by atoms with Crippen LogP contribution in [0.15, 0.2) is 18.2 Å². The van der Waals surface area contributed by atoms with E-state index in [1.165, 1.54) is 12.1 Å². The minimum absolute atomic E-state index is 0.166. The lowest BCUT2D eigenvalue weighted by molar-refractivity contribution is -0.124. The Kier molecular flexibility index (Phi) is 4.89. The summed E-state index contributed by atoms with van der Waals surface area (Å²) in [5.74, 6) is -0.373. The first-order chi connectivity index (χ1) is 8.69. The van der Waals surface area contributed by atoms with E-state index in [9.17, 15) is 9.18 Å². The van der Waals surface area contributed by atoms with Crippen molar-refractivity contribution in [1.29, 1.82) is 0 Å². The lowest BCUT2D eigenvalue weighted by Crippen LogP contribution is -2.43. The molecule has 0 fully saturated rings. The summed E-state index contributed by atoms with van der Waals surface area (Å²) in [4.78, 5) is 11.6. The van der Waals surface area contributed by atoms with Gasteiger partial charge >= 0.3 is 0 Å². The van der Waals surface area contributed by atoms with Gasteiger partial charge in [-0.15, -0.1) is 0 Å². The highest BCUT2D eigenvalue weighted by atomic mass is 19.1. The fourth-order valence-electron chi connectivity index (χ4n) is 1.61. The van der Waals surface area contributed by atoms with Gasteiger partial charge in [0.1, 0.15) is 11.6 Å². The van der Waals surface area contributed by atoms with Crippen LogP contribution in [0.4, 0.5) is 4.39 Å². The molecule has 5 heteroatoms. The van der Waals surface area contributed by atoms with Gasteiger partial charge < -0.3 is 15.8 Å². The van der Waals surface area contributed by atoms with E-state index in [0.29, 0.717) is 11.3 Å². The quantitative estimate of drug-likeness (QED) is 0.879. The first-order valence-corrected chi connectivity index (χ1v) is 6.18. The molecule has 0 saturated carbocycles. The van der Waals surface area contributed by atoms with Crippen molar-refractivity contribution in [2.75, 3.05) is 6.61 Å². The van der Waals surface area contributed by atoms with Gasteiger partial charge in [0.05, 0.1) is 0 Å². The van der Waals surface area contributed by atoms with Crippen LogP contribution in [0.25, 0.3) is 0 Å². The largest absolute Gasteiger partial charge is 0.483 e. The molecule has 3 N–H and O–H groups in total. The number of nitrogens with two attached hydrogens (primary N) is 1. The number of carbonyl (C=O) groups is 1. The Morgan fingerprint density at radius 1 is 1.47 bits per heavy atom. The van der Waals surface area contributed by atoms with Crippen LogP contribution < -0.4 is 15.8 Å². The molecular weight excluding hydrogens is 247 g/mol. The summed E-state index contributed by atoms with van der Waals surface area (Å²) in [7, 11) is 0. The molecule has 19 heavy (non-hydrogen) atoms. The molecule has 1 aromatic carbocycles. The number of rotatable bonds is 4. The zero-order valence-electron chi connectivity index (χ0n) is 11.8. The molecule has 0 bridgehead atoms. The van der Waals surface area contributed by atoms with Crippen LogP contribution in [0.3, 0.4) is 0 Å². The first-order valence-electron chi connectivity index (χ1n) is 6.18. The number of nitrogens with one attached hydrogen (secondary N) is 1. The van der Waals surface area contributed by atoms with Gasteiger partial charge in [0.15, 0.2) is 6.61 Å². The van der Waals surface area contributed by atoms with E-state index in [1.54, 1.807) is 13.0 Å². The van der Waals surface area contributed by atoms with Gasteiger partial charge in [0.25, 0.3) is 5.91 Å². The smallest absolute Gasteiger partial charge is 0.258 e. The van der Waals surface area contributed by atoms with Crippen molar-refractivity contribution in [1.82, 2.24) is 5.32 Å². The van der Waals surface area contributed by atoms with Crippen molar-refractivity contribution in [2.45, 2.75) is 39.3 Å². The lowest BCUT2D eigenvalue weighted by Gasteiger charge is -2.21. The third kappa shape index (κ3) is 5.26. The summed E-state index contributed by atoms with van der Waals surface area (Å²) < 4.78 is 18.5. The van der Waals surface area contributed by atoms with E-state index in [-0.39, 0.29) is 24.1 Å². The predicted octanol–water partition coefficient (Wildman–Crippen LogP) is 2.14. The number of hydrogen-bond donors (Lipinski definition) is 2. The summed E-state index contributed by atoms with van der Waals surface area (Å²) in [5, 5.41) is 2.76. The van der Waals surface area contributed by atoms with Crippen LogP contribution in [0.2, 0.25) is 0 Å². The zero-order valence-corrected chi connectivity index (χ0v) is 11.8. The maximum atomic E-state index is 13.2. The van der Waals surface area contributed by atoms with Gasteiger partial charge in [-0.1, -0.05) is 6.07 Å². The summed E-state index contributed by atoms with van der Waals surface area (Å²) in [5.41, 5.74) is 6.11. The van der Waals surface area contributed by atoms with Crippen molar-refractivity contribution < 1.29 is 13.9 Å². The first kappa shape index (κ1) is 15.4. The van der Waals surface area contributed by atoms with Crippen LogP contribution in [0.5, 0.6) is 5.75 Å². The Labute approximate surface area is 113 Å². The van der Waals surface area contributed by atoms with Crippen LogP contribution >= 0.6 is 0 Å². The van der Waals surface area contributed by atoms with E-state index in [0.717, 1.165) is 0 Å². The highest BCUT2D eigenvalue weighted by molar-refractivity contribution is 5.78. The van der Waals surface area contributed by atoms with E-state index in [2.05, 4.69) is 5.32 Å². The molecular formula is C14H21FN2O2. The molecule has 0 spiro atoms. The van der Waals surface area contributed by atoms with Gasteiger partial charge in [-0.2, -0.15) is 0 Å². The van der Waals surface area contributed by atoms with Gasteiger partial charge in [0, 0.05) is 23.2 Å². The molecule has 0 aliphatic rings. The second-order valence-electron chi connectivity index (χ2n) is 5.56. The molecule has 0 radical (unpaired) electrons. The zero-order chi connectivity index (χ0) is 14.6. The Hall–Kier alpha value is -1.62. The highest BCUT2D eigenvalue weighted by Gasteiger charge is 2.15. The fraction of sp³-hybridized carbons (Fsp3) is 0.500. The number of amides is 1. The summed E-state index contributed by atoms with van der Waals surface area (Å²) in [6.45, 7) is 7.23. The molecule has 0 heterocycles. The topological polar surface area (TPSA) is 64.3 Å². The maximum absolute atomic E-state index is 13.2. The molecule has 1 rings (SSSR count). The Bertz CT molecular complexity index is 453. The third-order valence-corrected chi connectivity index (χ3v) is 2.34. The maximum Gasteiger partial charge on any atom is 0.258 e. The normalized spacial score (nSPS) is 12.9. The number of hydrogen-bond acceptors (Lipinski definition) is 3. The highest BCUT2D eigenvalue weighted by Crippen LogP contribution is 2.24. The molecule has 0 aliphatic carbocycles. The molecule has 0 saturated heterocycles. The monoisotopic (exact) mass is 268 g/mol.